The smallest absolute Gasteiger partial charge is 0.408 e. The van der Waals surface area contributed by atoms with Gasteiger partial charge in [0.2, 0.25) is 5.91 Å². The van der Waals surface area contributed by atoms with Crippen LogP contribution in [-0.2, 0) is 9.53 Å². The van der Waals surface area contributed by atoms with E-state index < -0.39 is 17.7 Å². The first-order valence-corrected chi connectivity index (χ1v) is 13.5. The van der Waals surface area contributed by atoms with Crippen molar-refractivity contribution in [2.24, 2.45) is 0 Å². The molecule has 1 fully saturated rings. The summed E-state index contributed by atoms with van der Waals surface area (Å²) in [6, 6.07) is 11.0. The van der Waals surface area contributed by atoms with Gasteiger partial charge in [0.05, 0.1) is 24.2 Å². The van der Waals surface area contributed by atoms with Crippen LogP contribution in [0.15, 0.2) is 53.1 Å². The lowest BCUT2D eigenvalue weighted by Crippen LogP contribution is -2.49. The van der Waals surface area contributed by atoms with Crippen molar-refractivity contribution in [1.29, 1.82) is 0 Å². The van der Waals surface area contributed by atoms with Gasteiger partial charge in [0.1, 0.15) is 11.4 Å². The van der Waals surface area contributed by atoms with Gasteiger partial charge in [0, 0.05) is 40.3 Å². The van der Waals surface area contributed by atoms with Gasteiger partial charge >= 0.3 is 6.09 Å². The van der Waals surface area contributed by atoms with Crippen LogP contribution < -0.4 is 5.32 Å². The van der Waals surface area contributed by atoms with Crippen molar-refractivity contribution in [3.8, 4) is 0 Å². The SMILES string of the molecule is C[C@@H](c1ccc(Br)cc1F)n1cc(C2CN(C(=O)C[C@H](NC(=O)OC(C)(C)C)c3cccc(Cl)c3)C2)nn1. The summed E-state index contributed by atoms with van der Waals surface area (Å²) in [6.07, 6.45) is 1.25. The van der Waals surface area contributed by atoms with Crippen LogP contribution in [0.1, 0.15) is 68.9 Å². The van der Waals surface area contributed by atoms with Gasteiger partial charge in [-0.15, -0.1) is 5.10 Å². The standard InChI is InChI=1S/C27H30BrClFN5O3/c1-16(21-9-8-19(28)11-22(21)30)35-15-24(32-33-35)18-13-34(14-18)25(36)12-23(17-6-5-7-20(29)10-17)31-26(37)38-27(2,3)4/h5-11,15-16,18,23H,12-14H2,1-4H3,(H,31,37)/t16-,23-/m0/s1. The highest BCUT2D eigenvalue weighted by molar-refractivity contribution is 9.10. The van der Waals surface area contributed by atoms with Crippen molar-refractivity contribution in [3.05, 3.63) is 80.8 Å². The van der Waals surface area contributed by atoms with Crippen molar-refractivity contribution < 1.29 is 18.7 Å². The summed E-state index contributed by atoms with van der Waals surface area (Å²) in [5.41, 5.74) is 1.30. The van der Waals surface area contributed by atoms with Gasteiger partial charge in [0.25, 0.3) is 0 Å². The molecule has 0 bridgehead atoms. The second-order valence-electron chi connectivity index (χ2n) is 10.4. The number of amides is 2. The monoisotopic (exact) mass is 605 g/mol. The minimum Gasteiger partial charge on any atom is -0.444 e. The number of hydrogen-bond acceptors (Lipinski definition) is 5. The average Bonchev–Trinajstić information content (AvgIpc) is 3.25. The summed E-state index contributed by atoms with van der Waals surface area (Å²) in [7, 11) is 0. The highest BCUT2D eigenvalue weighted by Gasteiger charge is 2.35. The fourth-order valence-corrected chi connectivity index (χ4v) is 4.78. The lowest BCUT2D eigenvalue weighted by atomic mass is 9.95. The summed E-state index contributed by atoms with van der Waals surface area (Å²) in [5, 5.41) is 11.8. The van der Waals surface area contributed by atoms with Crippen molar-refractivity contribution in [2.75, 3.05) is 13.1 Å². The molecule has 2 heterocycles. The van der Waals surface area contributed by atoms with Gasteiger partial charge in [0.15, 0.2) is 0 Å². The summed E-state index contributed by atoms with van der Waals surface area (Å²) >= 11 is 9.43. The summed E-state index contributed by atoms with van der Waals surface area (Å²) in [6.45, 7) is 8.14. The number of rotatable bonds is 7. The molecular formula is C27H30BrClFN5O3. The predicted molar refractivity (Wildman–Crippen MR) is 145 cm³/mol. The minimum atomic E-state index is -0.671. The van der Waals surface area contributed by atoms with Gasteiger partial charge < -0.3 is 15.0 Å². The maximum absolute atomic E-state index is 14.4. The number of nitrogens with zero attached hydrogens (tertiary/aromatic N) is 4. The van der Waals surface area contributed by atoms with Gasteiger partial charge in [-0.3, -0.25) is 4.79 Å². The third-order valence-corrected chi connectivity index (χ3v) is 7.04. The van der Waals surface area contributed by atoms with E-state index in [4.69, 9.17) is 16.3 Å². The molecule has 3 aromatic rings. The molecule has 1 aromatic heterocycles. The van der Waals surface area contributed by atoms with Crippen LogP contribution in [0.5, 0.6) is 0 Å². The molecule has 1 aliphatic heterocycles. The Morgan fingerprint density at radius 1 is 1.24 bits per heavy atom. The Hall–Kier alpha value is -2.98. The van der Waals surface area contributed by atoms with Gasteiger partial charge in [-0.1, -0.05) is 50.9 Å². The Balaban J connectivity index is 1.38. The van der Waals surface area contributed by atoms with Crippen LogP contribution in [0.4, 0.5) is 9.18 Å². The Morgan fingerprint density at radius 3 is 2.63 bits per heavy atom. The summed E-state index contributed by atoms with van der Waals surface area (Å²) < 4.78 is 22.1. The molecule has 2 aromatic carbocycles. The molecule has 0 aliphatic carbocycles. The maximum Gasteiger partial charge on any atom is 0.408 e. The van der Waals surface area contributed by atoms with Crippen LogP contribution in [0.2, 0.25) is 5.02 Å². The Kier molecular flexibility index (Phi) is 8.42. The number of halogens is 3. The predicted octanol–water partition coefficient (Wildman–Crippen LogP) is 6.02. The number of carbonyl (C=O) groups excluding carboxylic acids is 2. The molecule has 0 saturated carbocycles. The molecule has 8 nitrogen and oxygen atoms in total. The lowest BCUT2D eigenvalue weighted by molar-refractivity contribution is -0.136. The van der Waals surface area contributed by atoms with E-state index >= 15 is 0 Å². The van der Waals surface area contributed by atoms with Crippen molar-refractivity contribution in [1.82, 2.24) is 25.2 Å². The molecule has 1 saturated heterocycles. The number of hydrogen-bond donors (Lipinski definition) is 1. The molecule has 4 rings (SSSR count). The second-order valence-corrected chi connectivity index (χ2v) is 11.8. The zero-order chi connectivity index (χ0) is 27.6. The highest BCUT2D eigenvalue weighted by Crippen LogP contribution is 2.30. The lowest BCUT2D eigenvalue weighted by Gasteiger charge is -2.39. The number of likely N-dealkylation sites (tertiary alicyclic amines) is 1. The molecule has 1 aliphatic rings. The number of alkyl carbamates (subject to hydrolysis) is 1. The van der Waals surface area contributed by atoms with Crippen molar-refractivity contribution in [2.45, 2.75) is 57.7 Å². The quantitative estimate of drug-likeness (QED) is 0.355. The topological polar surface area (TPSA) is 89.4 Å². The minimum absolute atomic E-state index is 0.0260. The van der Waals surface area contributed by atoms with E-state index in [0.717, 1.165) is 5.69 Å². The average molecular weight is 607 g/mol. The number of aromatic nitrogens is 3. The van der Waals surface area contributed by atoms with E-state index in [0.29, 0.717) is 33.7 Å². The third kappa shape index (κ3) is 6.91. The molecule has 0 radical (unpaired) electrons. The van der Waals surface area contributed by atoms with Crippen LogP contribution in [0, 0.1) is 5.82 Å². The largest absolute Gasteiger partial charge is 0.444 e. The third-order valence-electron chi connectivity index (χ3n) is 6.31. The fraction of sp³-hybridized carbons (Fsp3) is 0.407. The van der Waals surface area contributed by atoms with Gasteiger partial charge in [-0.2, -0.15) is 0 Å². The molecule has 1 N–H and O–H groups in total. The van der Waals surface area contributed by atoms with Crippen LogP contribution in [-0.4, -0.2) is 50.6 Å². The first kappa shape index (κ1) is 28.0. The molecular weight excluding hydrogens is 577 g/mol. The molecule has 11 heteroatoms. The van der Waals surface area contributed by atoms with Crippen LogP contribution in [0.25, 0.3) is 0 Å². The highest BCUT2D eigenvalue weighted by atomic mass is 79.9. The Bertz CT molecular complexity index is 1320. The summed E-state index contributed by atoms with van der Waals surface area (Å²) in [4.78, 5) is 27.3. The van der Waals surface area contributed by atoms with Gasteiger partial charge in [-0.25, -0.2) is 13.9 Å². The van der Waals surface area contributed by atoms with E-state index in [-0.39, 0.29) is 30.1 Å². The molecule has 0 spiro atoms. The van der Waals surface area contributed by atoms with E-state index in [1.807, 2.05) is 13.0 Å². The van der Waals surface area contributed by atoms with Crippen LogP contribution >= 0.6 is 27.5 Å². The Morgan fingerprint density at radius 2 is 1.97 bits per heavy atom. The zero-order valence-corrected chi connectivity index (χ0v) is 24.0. The fourth-order valence-electron chi connectivity index (χ4n) is 4.25. The first-order valence-electron chi connectivity index (χ1n) is 12.3. The maximum atomic E-state index is 14.4. The van der Waals surface area contributed by atoms with E-state index in [9.17, 15) is 14.0 Å². The molecule has 202 valence electrons. The molecule has 2 atom stereocenters. The molecule has 0 unspecified atom stereocenters. The van der Waals surface area contributed by atoms with Crippen molar-refractivity contribution >= 4 is 39.5 Å². The number of carbonyl (C=O) groups is 2. The Labute approximate surface area is 234 Å². The van der Waals surface area contributed by atoms with Gasteiger partial charge in [-0.05, 0) is 57.5 Å². The molecule has 2 amide bonds. The normalized spacial score (nSPS) is 15.5. The van der Waals surface area contributed by atoms with E-state index in [1.165, 1.54) is 6.07 Å². The number of benzene rings is 2. The van der Waals surface area contributed by atoms with Crippen molar-refractivity contribution in [3.63, 3.8) is 0 Å². The van der Waals surface area contributed by atoms with E-state index in [2.05, 4.69) is 31.6 Å². The van der Waals surface area contributed by atoms with Crippen LogP contribution in [0.3, 0.4) is 0 Å². The molecule has 38 heavy (non-hydrogen) atoms. The zero-order valence-electron chi connectivity index (χ0n) is 21.6. The first-order chi connectivity index (χ1) is 17.9. The number of ether oxygens (including phenoxy) is 1. The summed E-state index contributed by atoms with van der Waals surface area (Å²) in [5.74, 6) is -0.406. The number of nitrogens with one attached hydrogen (secondary N) is 1. The second kappa shape index (κ2) is 11.4. The van der Waals surface area contributed by atoms with E-state index in [1.54, 1.807) is 66.9 Å².